The molecular weight excluding hydrogens is 426 g/mol. The smallest absolute Gasteiger partial charge is 0.264 e. The largest absolute Gasteiger partial charge is 0.397 e. The number of azide groups is 1. The number of nitrogen functional groups attached to an aromatic ring is 1. The second-order valence-corrected chi connectivity index (χ2v) is 8.93. The van der Waals surface area contributed by atoms with Crippen molar-refractivity contribution in [3.63, 3.8) is 0 Å². The molecule has 0 saturated heterocycles. The van der Waals surface area contributed by atoms with Crippen LogP contribution in [0, 0.1) is 6.92 Å². The second kappa shape index (κ2) is 8.22. The number of nitrogens with zero attached hydrogens (tertiary/aromatic N) is 4. The number of carbonyl (C=O) groups is 1. The maximum Gasteiger partial charge on any atom is 0.264 e. The molecule has 3 aromatic rings. The van der Waals surface area contributed by atoms with Crippen molar-refractivity contribution in [2.24, 2.45) is 4.52 Å². The van der Waals surface area contributed by atoms with E-state index in [-0.39, 0.29) is 17.3 Å². The number of rotatable bonds is 5. The van der Waals surface area contributed by atoms with E-state index >= 15 is 0 Å². The molecule has 0 unspecified atom stereocenters. The fourth-order valence-electron chi connectivity index (χ4n) is 3.75. The highest BCUT2D eigenvalue weighted by molar-refractivity contribution is 7.90. The number of amides is 1. The lowest BCUT2D eigenvalue weighted by atomic mass is 9.97. The van der Waals surface area contributed by atoms with Gasteiger partial charge in [-0.25, -0.2) is 8.42 Å². The van der Waals surface area contributed by atoms with Crippen molar-refractivity contribution in [2.75, 3.05) is 17.2 Å². The molecule has 0 aliphatic carbocycles. The molecule has 0 atom stereocenters. The molecule has 2 N–H and O–H groups in total. The van der Waals surface area contributed by atoms with E-state index in [1.165, 1.54) is 12.1 Å². The summed E-state index contributed by atoms with van der Waals surface area (Å²) in [6.45, 7) is 2.20. The van der Waals surface area contributed by atoms with Gasteiger partial charge >= 0.3 is 0 Å². The Bertz CT molecular complexity index is 1390. The number of nitrogens with two attached hydrogens (primary N) is 1. The minimum atomic E-state index is -4.09. The van der Waals surface area contributed by atoms with Crippen LogP contribution in [-0.2, 0) is 14.8 Å². The Morgan fingerprint density at radius 1 is 1.00 bits per heavy atom. The standard InChI is InChI=1S/C23H19N5O3S/c1-15-7-12-21(20(24)13-15)28-14-19(22(23(28)29)17-5-3-2-4-6-17)16-8-10-18(11-9-16)32(30,31)27-26-25/h2-13H,14,24H2,1H3. The van der Waals surface area contributed by atoms with Crippen LogP contribution in [0.4, 0.5) is 11.4 Å². The van der Waals surface area contributed by atoms with Gasteiger partial charge in [-0.1, -0.05) is 48.5 Å². The first-order valence-corrected chi connectivity index (χ1v) is 11.1. The summed E-state index contributed by atoms with van der Waals surface area (Å²) >= 11 is 0. The lowest BCUT2D eigenvalue weighted by molar-refractivity contribution is -0.112. The van der Waals surface area contributed by atoms with Crippen molar-refractivity contribution in [1.82, 2.24) is 0 Å². The minimum absolute atomic E-state index is 0.120. The zero-order valence-electron chi connectivity index (χ0n) is 17.1. The summed E-state index contributed by atoms with van der Waals surface area (Å²) in [4.78, 5) is 17.4. The van der Waals surface area contributed by atoms with Gasteiger partial charge in [0.05, 0.1) is 28.4 Å². The Balaban J connectivity index is 1.82. The van der Waals surface area contributed by atoms with E-state index in [0.29, 0.717) is 22.5 Å². The number of hydrogen-bond acceptors (Lipinski definition) is 4. The first-order valence-electron chi connectivity index (χ1n) is 9.70. The Morgan fingerprint density at radius 2 is 1.69 bits per heavy atom. The second-order valence-electron chi connectivity index (χ2n) is 7.34. The van der Waals surface area contributed by atoms with E-state index in [1.807, 2.05) is 55.5 Å². The molecule has 160 valence electrons. The van der Waals surface area contributed by atoms with Gasteiger partial charge in [0.25, 0.3) is 15.9 Å². The third-order valence-electron chi connectivity index (χ3n) is 5.26. The normalized spacial score (nSPS) is 13.9. The molecule has 1 amide bonds. The van der Waals surface area contributed by atoms with E-state index in [4.69, 9.17) is 11.3 Å². The summed E-state index contributed by atoms with van der Waals surface area (Å²) in [5, 5.41) is 0. The number of sulfonamides is 1. The van der Waals surface area contributed by atoms with E-state index < -0.39 is 10.0 Å². The first-order chi connectivity index (χ1) is 15.3. The molecule has 1 heterocycles. The van der Waals surface area contributed by atoms with Crippen molar-refractivity contribution < 1.29 is 13.2 Å². The molecule has 0 spiro atoms. The quantitative estimate of drug-likeness (QED) is 0.267. The molecule has 0 aromatic heterocycles. The van der Waals surface area contributed by atoms with Crippen molar-refractivity contribution in [1.29, 1.82) is 0 Å². The molecular formula is C23H19N5O3S. The monoisotopic (exact) mass is 445 g/mol. The number of hydrogen-bond donors (Lipinski definition) is 1. The van der Waals surface area contributed by atoms with Crippen LogP contribution < -0.4 is 10.6 Å². The van der Waals surface area contributed by atoms with Crippen LogP contribution >= 0.6 is 0 Å². The highest BCUT2D eigenvalue weighted by atomic mass is 32.2. The molecule has 0 bridgehead atoms. The first kappa shape index (κ1) is 21.2. The topological polar surface area (TPSA) is 129 Å². The van der Waals surface area contributed by atoms with Crippen LogP contribution in [0.2, 0.25) is 0 Å². The minimum Gasteiger partial charge on any atom is -0.397 e. The van der Waals surface area contributed by atoms with Crippen LogP contribution in [0.1, 0.15) is 16.7 Å². The van der Waals surface area contributed by atoms with Crippen molar-refractivity contribution >= 4 is 38.5 Å². The fraction of sp³-hybridized carbons (Fsp3) is 0.0870. The molecule has 4 rings (SSSR count). The summed E-state index contributed by atoms with van der Waals surface area (Å²) in [5.41, 5.74) is 19.5. The number of carbonyl (C=O) groups excluding carboxylic acids is 1. The molecule has 1 aliphatic rings. The molecule has 0 radical (unpaired) electrons. The van der Waals surface area contributed by atoms with Crippen molar-refractivity contribution in [3.8, 4) is 0 Å². The maximum atomic E-state index is 13.5. The van der Waals surface area contributed by atoms with Gasteiger partial charge in [-0.2, -0.15) is 0 Å². The van der Waals surface area contributed by atoms with Crippen LogP contribution in [-0.4, -0.2) is 20.9 Å². The number of anilines is 2. The molecule has 3 aromatic carbocycles. The van der Waals surface area contributed by atoms with Gasteiger partial charge in [0.15, 0.2) is 0 Å². The van der Waals surface area contributed by atoms with Crippen LogP contribution in [0.25, 0.3) is 21.6 Å². The third-order valence-corrected chi connectivity index (χ3v) is 6.41. The molecule has 0 fully saturated rings. The summed E-state index contributed by atoms with van der Waals surface area (Å²) in [7, 11) is -4.09. The highest BCUT2D eigenvalue weighted by Gasteiger charge is 2.33. The molecule has 8 nitrogen and oxygen atoms in total. The van der Waals surface area contributed by atoms with E-state index in [2.05, 4.69) is 9.43 Å². The van der Waals surface area contributed by atoms with Gasteiger partial charge in [-0.05, 0) is 59.0 Å². The fourth-order valence-corrected chi connectivity index (χ4v) is 4.42. The van der Waals surface area contributed by atoms with Crippen LogP contribution in [0.15, 0.2) is 82.2 Å². The van der Waals surface area contributed by atoms with Gasteiger partial charge in [0.2, 0.25) is 0 Å². The van der Waals surface area contributed by atoms with E-state index in [1.54, 1.807) is 17.0 Å². The van der Waals surface area contributed by atoms with E-state index in [0.717, 1.165) is 16.7 Å². The van der Waals surface area contributed by atoms with Gasteiger partial charge in [0, 0.05) is 9.43 Å². The predicted molar refractivity (Wildman–Crippen MR) is 124 cm³/mol. The SMILES string of the molecule is Cc1ccc(N2CC(c3ccc(S(=O)(=O)N=[N+]=[N-])cc3)=C(c3ccccc3)C2=O)c(N)c1. The maximum absolute atomic E-state index is 13.5. The lowest BCUT2D eigenvalue weighted by Gasteiger charge is -2.19. The Labute approximate surface area is 185 Å². The average Bonchev–Trinajstić information content (AvgIpc) is 3.11. The zero-order chi connectivity index (χ0) is 22.9. The lowest BCUT2D eigenvalue weighted by Crippen LogP contribution is -2.27. The van der Waals surface area contributed by atoms with Crippen LogP contribution in [0.5, 0.6) is 0 Å². The summed E-state index contributed by atoms with van der Waals surface area (Å²) in [5.74, 6) is -0.187. The average molecular weight is 446 g/mol. The molecule has 0 saturated carbocycles. The van der Waals surface area contributed by atoms with Crippen molar-refractivity contribution in [2.45, 2.75) is 11.8 Å². The summed E-state index contributed by atoms with van der Waals surface area (Å²) < 4.78 is 26.9. The van der Waals surface area contributed by atoms with Gasteiger partial charge in [-0.15, -0.1) is 0 Å². The number of aryl methyl sites for hydroxylation is 1. The van der Waals surface area contributed by atoms with Crippen molar-refractivity contribution in [3.05, 3.63) is 99.9 Å². The van der Waals surface area contributed by atoms with Gasteiger partial charge < -0.3 is 10.6 Å². The predicted octanol–water partition coefficient (Wildman–Crippen LogP) is 4.53. The van der Waals surface area contributed by atoms with E-state index in [9.17, 15) is 13.2 Å². The Hall–Kier alpha value is -4.07. The highest BCUT2D eigenvalue weighted by Crippen LogP contribution is 2.39. The third kappa shape index (κ3) is 3.82. The molecule has 32 heavy (non-hydrogen) atoms. The zero-order valence-corrected chi connectivity index (χ0v) is 18.0. The van der Waals surface area contributed by atoms with Crippen LogP contribution in [0.3, 0.4) is 0 Å². The number of benzene rings is 3. The van der Waals surface area contributed by atoms with Gasteiger partial charge in [0.1, 0.15) is 0 Å². The molecule has 1 aliphatic heterocycles. The summed E-state index contributed by atoms with van der Waals surface area (Å²) in [6.07, 6.45) is 0. The summed E-state index contributed by atoms with van der Waals surface area (Å²) in [6, 6.07) is 20.8. The Morgan fingerprint density at radius 3 is 2.31 bits per heavy atom. The Kier molecular flexibility index (Phi) is 5.44. The molecule has 9 heteroatoms. The van der Waals surface area contributed by atoms with Gasteiger partial charge in [-0.3, -0.25) is 4.79 Å².